The van der Waals surface area contributed by atoms with Crippen LogP contribution in [0.2, 0.25) is 0 Å². The summed E-state index contributed by atoms with van der Waals surface area (Å²) < 4.78 is 24.4. The van der Waals surface area contributed by atoms with Crippen LogP contribution in [0.5, 0.6) is 0 Å². The molecule has 56 heavy (non-hydrogen) atoms. The highest BCUT2D eigenvalue weighted by molar-refractivity contribution is 5.99. The largest absolute Gasteiger partial charge is 0.460 e. The van der Waals surface area contributed by atoms with Crippen LogP contribution in [0.15, 0.2) is 0 Å². The van der Waals surface area contributed by atoms with E-state index in [-0.39, 0.29) is 25.7 Å². The summed E-state index contributed by atoms with van der Waals surface area (Å²) in [5.41, 5.74) is -6.24. The van der Waals surface area contributed by atoms with Crippen molar-refractivity contribution >= 4 is 23.9 Å². The number of rotatable bonds is 11. The van der Waals surface area contributed by atoms with Crippen molar-refractivity contribution in [1.29, 1.82) is 0 Å². The van der Waals surface area contributed by atoms with Gasteiger partial charge < -0.3 is 39.8 Å². The molecule has 0 amide bonds. The number of nitrogens with zero attached hydrogens (tertiary/aromatic N) is 4. The molecule has 4 aliphatic rings. The Kier molecular flexibility index (Phi) is 12.1. The fourth-order valence-corrected chi connectivity index (χ4v) is 9.61. The third-order valence-corrected chi connectivity index (χ3v) is 13.5. The fraction of sp³-hybridized carbons (Fsp3) is 0.900. The van der Waals surface area contributed by atoms with Crippen molar-refractivity contribution in [3.8, 4) is 0 Å². The molecule has 16 heteroatoms. The number of hydrogen-bond donors (Lipinski definition) is 0. The van der Waals surface area contributed by atoms with E-state index >= 15 is 0 Å². The van der Waals surface area contributed by atoms with Gasteiger partial charge in [-0.25, -0.2) is 0 Å². The van der Waals surface area contributed by atoms with Crippen molar-refractivity contribution < 1.29 is 59.0 Å². The van der Waals surface area contributed by atoms with Gasteiger partial charge in [-0.3, -0.25) is 19.2 Å². The number of hydroxylamine groups is 8. The molecule has 0 spiro atoms. The number of carbonyl (C=O) groups excluding carboxylic acids is 4. The third kappa shape index (κ3) is 8.23. The lowest BCUT2D eigenvalue weighted by atomic mass is 9.86. The van der Waals surface area contributed by atoms with Crippen LogP contribution in [-0.4, -0.2) is 134 Å². The average molecular weight is 803 g/mol. The summed E-state index contributed by atoms with van der Waals surface area (Å²) in [5, 5.41) is 40.4. The van der Waals surface area contributed by atoms with Crippen molar-refractivity contribution in [2.75, 3.05) is 0 Å². The fourth-order valence-electron chi connectivity index (χ4n) is 9.61. The van der Waals surface area contributed by atoms with E-state index in [1.807, 2.05) is 69.2 Å². The van der Waals surface area contributed by atoms with Crippen LogP contribution in [0.25, 0.3) is 0 Å². The first-order valence-electron chi connectivity index (χ1n) is 19.9. The van der Waals surface area contributed by atoms with Crippen molar-refractivity contribution in [2.45, 2.75) is 218 Å². The maximum Gasteiger partial charge on any atom is 0.321 e. The van der Waals surface area contributed by atoms with Gasteiger partial charge in [0.25, 0.3) is 0 Å². The van der Waals surface area contributed by atoms with Gasteiger partial charge >= 0.3 is 23.9 Å². The summed E-state index contributed by atoms with van der Waals surface area (Å²) in [5.74, 6) is -7.09. The van der Waals surface area contributed by atoms with Crippen LogP contribution in [-0.2, 0) is 38.1 Å². The van der Waals surface area contributed by atoms with Crippen LogP contribution < -0.4 is 0 Å². The Balaban J connectivity index is 1.74. The molecule has 0 bridgehead atoms. The minimum absolute atomic E-state index is 0.279. The standard InChI is InChI=1S/C40H70N4O12/c1-33(2)19-24(37(9,10)41(33)49)53-28(45)18-17-23(30(46)54-25-20-34(3,4)42(50)38(25,11)12)29(31(47)55-26-21-35(5,6)43(51)39(26,13)14)32(48)56-27-22-36(7,8)44(52)40(27,15)16/h23-27,29,49-52H,17-22H2,1-16H3/p+4. The van der Waals surface area contributed by atoms with Gasteiger partial charge in [0.2, 0.25) is 0 Å². The molecule has 16 nitrogen and oxygen atoms in total. The van der Waals surface area contributed by atoms with Gasteiger partial charge in [0, 0.05) is 32.1 Å². The van der Waals surface area contributed by atoms with E-state index in [0.29, 0.717) is 12.8 Å². The quantitative estimate of drug-likeness (QED) is 0.128. The molecular formula is C40H74N4O12+4. The number of carbonyl (C=O) groups is 4. The Bertz CT molecular complexity index is 1480. The average Bonchev–Trinajstić information content (AvgIpc) is 3.45. The van der Waals surface area contributed by atoms with E-state index < -0.39 is 104 Å². The monoisotopic (exact) mass is 803 g/mol. The second-order valence-electron chi connectivity index (χ2n) is 21.4. The second kappa shape index (κ2) is 14.7. The first kappa shape index (κ1) is 46.3. The second-order valence-corrected chi connectivity index (χ2v) is 21.4. The molecule has 4 aliphatic heterocycles. The predicted octanol–water partition coefficient (Wildman–Crippen LogP) is 2.26. The molecule has 0 aromatic carbocycles. The molecular weight excluding hydrogens is 728 g/mol. The molecule has 5 atom stereocenters. The number of ether oxygens (including phenoxy) is 4. The van der Waals surface area contributed by atoms with Crippen LogP contribution in [0.1, 0.15) is 149 Å². The Hall–Kier alpha value is -2.44. The molecule has 0 radical (unpaired) electrons. The zero-order valence-corrected chi connectivity index (χ0v) is 36.8. The summed E-state index contributed by atoms with van der Waals surface area (Å²) in [4.78, 5) is 57.5. The topological polar surface area (TPSA) is 210 Å². The maximum absolute atomic E-state index is 14.6. The zero-order valence-electron chi connectivity index (χ0n) is 36.8. The van der Waals surface area contributed by atoms with Gasteiger partial charge in [0.1, 0.15) is 46.6 Å². The summed E-state index contributed by atoms with van der Waals surface area (Å²) in [6.45, 7) is 29.3. The number of hydrogen-bond acceptors (Lipinski definition) is 12. The summed E-state index contributed by atoms with van der Waals surface area (Å²) in [6, 6.07) is 0. The summed E-state index contributed by atoms with van der Waals surface area (Å²) in [7, 11) is 0. The molecule has 322 valence electrons. The van der Waals surface area contributed by atoms with Gasteiger partial charge in [-0.15, -0.1) is 0 Å². The van der Waals surface area contributed by atoms with E-state index in [1.165, 1.54) is 20.3 Å². The molecule has 0 saturated carbocycles. The SMILES string of the molecule is CC1(C)CC(OC(=O)CCC(C(=O)OC2CC(C)(C)N([OH2+])C2(C)C)C(C(=O)OC2CC(C)(C)N([OH2+])C2(C)C)C(=O)OC2CC(C)(C)N([OH2+])C2(C)C)C(C)(C)N1[OH2+]. The van der Waals surface area contributed by atoms with Crippen molar-refractivity contribution in [2.24, 2.45) is 11.8 Å². The first-order chi connectivity index (χ1) is 25.0. The molecule has 4 rings (SSSR count). The van der Waals surface area contributed by atoms with Crippen LogP contribution in [0.4, 0.5) is 0 Å². The molecule has 0 aliphatic carbocycles. The molecule has 0 aromatic rings. The van der Waals surface area contributed by atoms with Gasteiger partial charge in [0.05, 0.1) is 28.1 Å². The lowest BCUT2D eigenvalue weighted by Crippen LogP contribution is -2.52. The third-order valence-electron chi connectivity index (χ3n) is 13.5. The number of esters is 4. The highest BCUT2D eigenvalue weighted by atomic mass is 16.6. The maximum atomic E-state index is 14.6. The van der Waals surface area contributed by atoms with Crippen LogP contribution in [0, 0.1) is 11.8 Å². The first-order valence-corrected chi connectivity index (χ1v) is 19.9. The Morgan fingerprint density at radius 3 is 0.964 bits per heavy atom. The van der Waals surface area contributed by atoms with Gasteiger partial charge in [-0.2, -0.15) is 0 Å². The molecule has 5 unspecified atom stereocenters. The predicted molar refractivity (Wildman–Crippen MR) is 209 cm³/mol. The normalized spacial score (nSPS) is 32.4. The lowest BCUT2D eigenvalue weighted by molar-refractivity contribution is -0.212. The van der Waals surface area contributed by atoms with Crippen molar-refractivity contribution in [3.05, 3.63) is 0 Å². The van der Waals surface area contributed by atoms with Crippen LogP contribution in [0.3, 0.4) is 0 Å². The van der Waals surface area contributed by atoms with Gasteiger partial charge in [-0.05, 0) is 117 Å². The molecule has 8 N–H and O–H groups in total. The van der Waals surface area contributed by atoms with E-state index in [9.17, 15) is 19.2 Å². The minimum atomic E-state index is -1.87. The Morgan fingerprint density at radius 2 is 0.714 bits per heavy atom. The molecule has 4 heterocycles. The zero-order chi connectivity index (χ0) is 43.2. The van der Waals surface area contributed by atoms with Gasteiger partial charge in [-0.1, -0.05) is 20.3 Å². The smallest absolute Gasteiger partial charge is 0.321 e. The van der Waals surface area contributed by atoms with Crippen LogP contribution >= 0.6 is 0 Å². The lowest BCUT2D eigenvalue weighted by Gasteiger charge is -2.34. The Morgan fingerprint density at radius 1 is 0.464 bits per heavy atom. The van der Waals surface area contributed by atoms with E-state index in [2.05, 4.69) is 0 Å². The summed E-state index contributed by atoms with van der Waals surface area (Å²) in [6.07, 6.45) is -2.54. The molecule has 4 saturated heterocycles. The summed E-state index contributed by atoms with van der Waals surface area (Å²) >= 11 is 0. The molecule has 4 fully saturated rings. The van der Waals surface area contributed by atoms with Crippen molar-refractivity contribution in [3.63, 3.8) is 0 Å². The van der Waals surface area contributed by atoms with E-state index in [1.54, 1.807) is 41.5 Å². The Labute approximate surface area is 332 Å². The minimum Gasteiger partial charge on any atom is -0.460 e. The molecule has 0 aromatic heterocycles. The highest BCUT2D eigenvalue weighted by Gasteiger charge is 2.62. The highest BCUT2D eigenvalue weighted by Crippen LogP contribution is 2.46. The van der Waals surface area contributed by atoms with E-state index in [4.69, 9.17) is 39.8 Å². The van der Waals surface area contributed by atoms with E-state index in [0.717, 1.165) is 0 Å². The van der Waals surface area contributed by atoms with Crippen molar-refractivity contribution in [1.82, 2.24) is 20.3 Å². The van der Waals surface area contributed by atoms with Gasteiger partial charge in [0.15, 0.2) is 5.92 Å².